The molecule has 1 unspecified atom stereocenters. The molecule has 74 valence electrons. The van der Waals surface area contributed by atoms with Crippen LogP contribution in [0.4, 0.5) is 0 Å². The van der Waals surface area contributed by atoms with Gasteiger partial charge in [-0.2, -0.15) is 0 Å². The van der Waals surface area contributed by atoms with Crippen molar-refractivity contribution in [1.82, 2.24) is 4.84 Å². The number of allylic oxidation sites excluding steroid dienone is 3. The Labute approximate surface area is 86.0 Å². The molecule has 1 nitrogen and oxygen atoms in total. The molecule has 0 aliphatic heterocycles. The molecular weight excluding hydrogens is 182 g/mol. The molecule has 0 saturated carbocycles. The highest BCUT2D eigenvalue weighted by Crippen LogP contribution is 2.20. The molecule has 0 bridgehead atoms. The Bertz CT molecular complexity index is 196. The predicted octanol–water partition coefficient (Wildman–Crippen LogP) is 3.77. The summed E-state index contributed by atoms with van der Waals surface area (Å²) in [6, 6.07) is 0. The number of rotatable bonds is 5. The van der Waals surface area contributed by atoms with Crippen LogP contribution < -0.4 is 4.84 Å². The Morgan fingerprint density at radius 1 is 1.54 bits per heavy atom. The van der Waals surface area contributed by atoms with Crippen LogP contribution in [0, 0.1) is 5.92 Å². The average Bonchev–Trinajstić information content (AvgIpc) is 2.19. The maximum absolute atomic E-state index is 5.49. The van der Waals surface area contributed by atoms with E-state index in [-0.39, 0.29) is 0 Å². The fraction of sp³-hybridized carbons (Fsp3) is 0.636. The zero-order valence-corrected chi connectivity index (χ0v) is 8.98. The third kappa shape index (κ3) is 3.86. The zero-order valence-electron chi connectivity index (χ0n) is 8.22. The van der Waals surface area contributed by atoms with Crippen molar-refractivity contribution < 1.29 is 0 Å². The number of hydrogen-bond acceptors (Lipinski definition) is 1. The van der Waals surface area contributed by atoms with Crippen LogP contribution in [-0.2, 0) is 0 Å². The first-order valence-electron chi connectivity index (χ1n) is 5.11. The molecule has 0 aromatic rings. The summed E-state index contributed by atoms with van der Waals surface area (Å²) in [7, 11) is 0. The highest BCUT2D eigenvalue weighted by Gasteiger charge is 2.07. The first-order chi connectivity index (χ1) is 6.36. The molecule has 0 spiro atoms. The number of nitrogens with one attached hydrogen (secondary N) is 1. The minimum absolute atomic E-state index is 0.736. The summed E-state index contributed by atoms with van der Waals surface area (Å²) in [4.78, 5) is 2.64. The Hall–Kier alpha value is -0.430. The largest absolute Gasteiger partial charge is 0.299 e. The summed E-state index contributed by atoms with van der Waals surface area (Å²) in [6.07, 6.45) is 13.0. The van der Waals surface area contributed by atoms with Crippen molar-refractivity contribution in [2.75, 3.05) is 0 Å². The molecule has 2 heteroatoms. The van der Waals surface area contributed by atoms with Gasteiger partial charge in [-0.25, -0.2) is 0 Å². The van der Waals surface area contributed by atoms with Gasteiger partial charge in [0, 0.05) is 17.5 Å². The van der Waals surface area contributed by atoms with E-state index in [2.05, 4.69) is 30.0 Å². The van der Waals surface area contributed by atoms with Gasteiger partial charge in [-0.1, -0.05) is 38.3 Å². The van der Waals surface area contributed by atoms with Gasteiger partial charge in [0.2, 0.25) is 0 Å². The quantitative estimate of drug-likeness (QED) is 0.525. The van der Waals surface area contributed by atoms with Gasteiger partial charge in [-0.05, 0) is 24.8 Å². The molecule has 0 amide bonds. The number of hydrogen-bond donors (Lipinski definition) is 1. The number of unbranched alkanes of at least 4 members (excludes halogenated alkanes) is 2. The van der Waals surface area contributed by atoms with E-state index in [1.165, 1.54) is 25.7 Å². The molecule has 0 fully saturated rings. The van der Waals surface area contributed by atoms with Crippen molar-refractivity contribution in [3.63, 3.8) is 0 Å². The third-order valence-corrected chi connectivity index (χ3v) is 2.69. The molecule has 1 rings (SSSR count). The van der Waals surface area contributed by atoms with E-state index in [9.17, 15) is 0 Å². The van der Waals surface area contributed by atoms with Crippen LogP contribution in [0.2, 0.25) is 0 Å². The average molecular weight is 200 g/mol. The molecule has 1 atom stereocenters. The molecular formula is C11H18ClN. The highest BCUT2D eigenvalue weighted by atomic mass is 35.5. The summed E-state index contributed by atoms with van der Waals surface area (Å²) in [6.45, 7) is 2.24. The predicted molar refractivity (Wildman–Crippen MR) is 58.5 cm³/mol. The lowest BCUT2D eigenvalue weighted by Crippen LogP contribution is -2.04. The second-order valence-corrected chi connectivity index (χ2v) is 3.79. The van der Waals surface area contributed by atoms with Crippen LogP contribution in [0.1, 0.15) is 39.0 Å². The van der Waals surface area contributed by atoms with Crippen molar-refractivity contribution in [1.29, 1.82) is 0 Å². The summed E-state index contributed by atoms with van der Waals surface area (Å²) < 4.78 is 0. The van der Waals surface area contributed by atoms with Gasteiger partial charge in [0.05, 0.1) is 0 Å². The van der Waals surface area contributed by atoms with Crippen molar-refractivity contribution in [3.05, 3.63) is 23.9 Å². The van der Waals surface area contributed by atoms with Crippen LogP contribution in [0.15, 0.2) is 23.9 Å². The molecule has 0 heterocycles. The molecule has 1 N–H and O–H groups in total. The van der Waals surface area contributed by atoms with Gasteiger partial charge in [0.1, 0.15) is 0 Å². The molecule has 0 saturated heterocycles. The van der Waals surface area contributed by atoms with Crippen LogP contribution >= 0.6 is 11.8 Å². The normalized spacial score (nSPS) is 21.4. The highest BCUT2D eigenvalue weighted by molar-refractivity contribution is 6.14. The van der Waals surface area contributed by atoms with Gasteiger partial charge in [0.15, 0.2) is 0 Å². The molecule has 13 heavy (non-hydrogen) atoms. The van der Waals surface area contributed by atoms with E-state index in [1.54, 1.807) is 0 Å². The summed E-state index contributed by atoms with van der Waals surface area (Å²) in [5, 5.41) is 0. The van der Waals surface area contributed by atoms with Gasteiger partial charge >= 0.3 is 0 Å². The van der Waals surface area contributed by atoms with Crippen molar-refractivity contribution in [3.8, 4) is 0 Å². The SMILES string of the molecule is CCCCCC1C=CC(NCl)=CC1. The maximum atomic E-state index is 5.49. The Balaban J connectivity index is 2.19. The first-order valence-corrected chi connectivity index (χ1v) is 5.49. The van der Waals surface area contributed by atoms with Crippen molar-refractivity contribution in [2.24, 2.45) is 5.92 Å². The first kappa shape index (κ1) is 10.6. The smallest absolute Gasteiger partial charge is 0.0448 e. The van der Waals surface area contributed by atoms with E-state index in [1.807, 2.05) is 0 Å². The summed E-state index contributed by atoms with van der Waals surface area (Å²) in [5.41, 5.74) is 1.04. The zero-order chi connectivity index (χ0) is 9.52. The van der Waals surface area contributed by atoms with E-state index < -0.39 is 0 Å². The topological polar surface area (TPSA) is 12.0 Å². The van der Waals surface area contributed by atoms with Crippen LogP contribution in [-0.4, -0.2) is 0 Å². The van der Waals surface area contributed by atoms with E-state index >= 15 is 0 Å². The molecule has 0 radical (unpaired) electrons. The summed E-state index contributed by atoms with van der Waals surface area (Å²) >= 11 is 5.49. The van der Waals surface area contributed by atoms with E-state index in [4.69, 9.17) is 11.8 Å². The minimum Gasteiger partial charge on any atom is -0.299 e. The standard InChI is InChI=1S/C11H18ClN/c1-2-3-4-5-10-6-8-11(13-12)9-7-10/h6,8-10,13H,2-5,7H2,1H3. The fourth-order valence-electron chi connectivity index (χ4n) is 1.61. The molecule has 1 aliphatic carbocycles. The lowest BCUT2D eigenvalue weighted by molar-refractivity contribution is 0.539. The van der Waals surface area contributed by atoms with Crippen molar-refractivity contribution >= 4 is 11.8 Å². The summed E-state index contributed by atoms with van der Waals surface area (Å²) in [5.74, 6) is 0.736. The van der Waals surface area contributed by atoms with Gasteiger partial charge in [0.25, 0.3) is 0 Å². The van der Waals surface area contributed by atoms with Gasteiger partial charge in [-0.3, -0.25) is 4.84 Å². The maximum Gasteiger partial charge on any atom is 0.0448 e. The van der Waals surface area contributed by atoms with E-state index in [0.29, 0.717) is 0 Å². The fourth-order valence-corrected chi connectivity index (χ4v) is 1.75. The lowest BCUT2D eigenvalue weighted by atomic mass is 9.94. The van der Waals surface area contributed by atoms with Crippen molar-refractivity contribution in [2.45, 2.75) is 39.0 Å². The van der Waals surface area contributed by atoms with Gasteiger partial charge in [-0.15, -0.1) is 0 Å². The van der Waals surface area contributed by atoms with E-state index in [0.717, 1.165) is 18.0 Å². The molecule has 0 aromatic carbocycles. The van der Waals surface area contributed by atoms with Crippen LogP contribution in [0.5, 0.6) is 0 Å². The molecule has 0 aromatic heterocycles. The number of halogens is 1. The van der Waals surface area contributed by atoms with Crippen LogP contribution in [0.3, 0.4) is 0 Å². The lowest BCUT2D eigenvalue weighted by Gasteiger charge is -2.14. The van der Waals surface area contributed by atoms with Crippen LogP contribution in [0.25, 0.3) is 0 Å². The monoisotopic (exact) mass is 199 g/mol. The van der Waals surface area contributed by atoms with Gasteiger partial charge < -0.3 is 0 Å². The second-order valence-electron chi connectivity index (χ2n) is 3.60. The Morgan fingerprint density at radius 3 is 2.92 bits per heavy atom. The Morgan fingerprint density at radius 2 is 2.38 bits per heavy atom. The minimum atomic E-state index is 0.736. The molecule has 1 aliphatic rings. The Kier molecular flexibility index (Phi) is 4.99. The third-order valence-electron chi connectivity index (χ3n) is 2.48. The second kappa shape index (κ2) is 6.09.